The highest BCUT2D eigenvalue weighted by Crippen LogP contribution is 2.71. The van der Waals surface area contributed by atoms with Crippen molar-refractivity contribution in [2.45, 2.75) is 116 Å². The molecule has 3 aliphatic heterocycles. The average Bonchev–Trinajstić information content (AvgIpc) is 3.40. The van der Waals surface area contributed by atoms with Crippen molar-refractivity contribution in [3.8, 4) is 0 Å². The lowest BCUT2D eigenvalue weighted by Gasteiger charge is -2.61. The zero-order valence-corrected chi connectivity index (χ0v) is 26.2. The molecule has 4 aliphatic carbocycles. The second-order valence-electron chi connectivity index (χ2n) is 16.2. The lowest BCUT2D eigenvalue weighted by atomic mass is 9.44. The zero-order chi connectivity index (χ0) is 28.6. The van der Waals surface area contributed by atoms with Crippen LogP contribution in [0.4, 0.5) is 0 Å². The van der Waals surface area contributed by atoms with Gasteiger partial charge in [-0.1, -0.05) is 27.7 Å². The van der Waals surface area contributed by atoms with E-state index in [1.54, 1.807) is 0 Å². The van der Waals surface area contributed by atoms with Crippen LogP contribution in [0.1, 0.15) is 98.3 Å². The van der Waals surface area contributed by atoms with Crippen molar-refractivity contribution in [2.24, 2.45) is 52.3 Å². The smallest absolute Gasteiger partial charge is 0.232 e. The van der Waals surface area contributed by atoms with Crippen LogP contribution in [0.3, 0.4) is 0 Å². The summed E-state index contributed by atoms with van der Waals surface area (Å²) in [5, 5.41) is 10.5. The number of ether oxygens (including phenoxy) is 1. The van der Waals surface area contributed by atoms with Crippen LogP contribution in [0.15, 0.2) is 0 Å². The molecule has 1 unspecified atom stereocenters. The Bertz CT molecular complexity index is 1020. The quantitative estimate of drug-likeness (QED) is 0.442. The van der Waals surface area contributed by atoms with Gasteiger partial charge in [-0.3, -0.25) is 14.9 Å². The Morgan fingerprint density at radius 3 is 2.46 bits per heavy atom. The van der Waals surface area contributed by atoms with Gasteiger partial charge in [-0.2, -0.15) is 0 Å². The van der Waals surface area contributed by atoms with E-state index in [9.17, 15) is 9.59 Å². The van der Waals surface area contributed by atoms with E-state index >= 15 is 0 Å². The Morgan fingerprint density at radius 2 is 1.71 bits per heavy atom. The summed E-state index contributed by atoms with van der Waals surface area (Å²) in [5.41, 5.74) is 0.716. The van der Waals surface area contributed by atoms with Gasteiger partial charge < -0.3 is 20.3 Å². The van der Waals surface area contributed by atoms with Gasteiger partial charge in [-0.05, 0) is 111 Å². The van der Waals surface area contributed by atoms with Gasteiger partial charge in [0.25, 0.3) is 0 Å². The number of nitrogens with zero attached hydrogens (tertiary/aromatic N) is 1. The van der Waals surface area contributed by atoms with Crippen molar-refractivity contribution < 1.29 is 14.3 Å². The van der Waals surface area contributed by atoms with E-state index in [2.05, 4.69) is 43.6 Å². The van der Waals surface area contributed by atoms with E-state index in [0.717, 1.165) is 56.1 Å². The molecule has 0 aromatic rings. The fraction of sp³-hybridized carbons (Fsp3) is 0.941. The minimum Gasteiger partial charge on any atom is -0.357 e. The molecule has 3 N–H and O–H groups in total. The van der Waals surface area contributed by atoms with Crippen LogP contribution in [0.25, 0.3) is 0 Å². The van der Waals surface area contributed by atoms with E-state index < -0.39 is 0 Å². The van der Waals surface area contributed by atoms with Crippen molar-refractivity contribution in [1.82, 2.24) is 20.9 Å². The number of piperazine rings is 1. The molecular weight excluding hydrogens is 512 g/mol. The van der Waals surface area contributed by atoms with Gasteiger partial charge in [0, 0.05) is 44.7 Å². The Hall–Kier alpha value is -1.18. The Morgan fingerprint density at radius 1 is 0.927 bits per heavy atom. The van der Waals surface area contributed by atoms with E-state index in [1.165, 1.54) is 51.4 Å². The second-order valence-corrected chi connectivity index (χ2v) is 16.2. The van der Waals surface area contributed by atoms with Gasteiger partial charge in [0.1, 0.15) is 12.1 Å². The molecule has 0 radical (unpaired) electrons. The Balaban J connectivity index is 0.984. The third-order valence-electron chi connectivity index (χ3n) is 14.3. The fourth-order valence-electron chi connectivity index (χ4n) is 12.0. The van der Waals surface area contributed by atoms with Gasteiger partial charge in [-0.15, -0.1) is 0 Å². The van der Waals surface area contributed by atoms with Crippen LogP contribution >= 0.6 is 0 Å². The zero-order valence-electron chi connectivity index (χ0n) is 26.2. The maximum Gasteiger partial charge on any atom is 0.232 e. The molecule has 7 fully saturated rings. The van der Waals surface area contributed by atoms with Crippen LogP contribution in [-0.4, -0.2) is 67.3 Å². The molecule has 0 bridgehead atoms. The molecule has 7 aliphatic rings. The highest BCUT2D eigenvalue weighted by Gasteiger charge is 2.68. The molecule has 2 amide bonds. The summed E-state index contributed by atoms with van der Waals surface area (Å²) in [4.78, 5) is 27.3. The number of rotatable bonds is 3. The van der Waals surface area contributed by atoms with Gasteiger partial charge >= 0.3 is 0 Å². The van der Waals surface area contributed by atoms with Crippen molar-refractivity contribution >= 4 is 11.8 Å². The van der Waals surface area contributed by atoms with Crippen LogP contribution in [0.2, 0.25) is 0 Å². The molecule has 0 aromatic carbocycles. The van der Waals surface area contributed by atoms with Crippen LogP contribution in [-0.2, 0) is 14.3 Å². The molecule has 3 saturated heterocycles. The Labute approximate surface area is 248 Å². The van der Waals surface area contributed by atoms with Crippen molar-refractivity contribution in [1.29, 1.82) is 0 Å². The lowest BCUT2D eigenvalue weighted by Crippen LogP contribution is -2.58. The van der Waals surface area contributed by atoms with Crippen molar-refractivity contribution in [3.05, 3.63) is 0 Å². The third kappa shape index (κ3) is 4.61. The first-order chi connectivity index (χ1) is 19.6. The van der Waals surface area contributed by atoms with Gasteiger partial charge in [0.15, 0.2) is 0 Å². The summed E-state index contributed by atoms with van der Waals surface area (Å²) in [6, 6.07) is 0.226. The Kier molecular flexibility index (Phi) is 7.30. The number of hydrogen-bond donors (Lipinski definition) is 3. The molecular formula is C34H56N4O3. The molecule has 12 atom stereocenters. The molecule has 1 spiro atoms. The first kappa shape index (κ1) is 28.6. The molecule has 7 nitrogen and oxygen atoms in total. The second kappa shape index (κ2) is 10.5. The number of piperidine rings is 1. The third-order valence-corrected chi connectivity index (χ3v) is 14.3. The van der Waals surface area contributed by atoms with Crippen LogP contribution < -0.4 is 16.0 Å². The van der Waals surface area contributed by atoms with Gasteiger partial charge in [0.05, 0.1) is 6.10 Å². The number of carbonyl (C=O) groups is 2. The van der Waals surface area contributed by atoms with Crippen LogP contribution in [0, 0.1) is 52.3 Å². The van der Waals surface area contributed by atoms with E-state index in [1.807, 2.05) is 4.90 Å². The molecule has 230 valence electrons. The summed E-state index contributed by atoms with van der Waals surface area (Å²) >= 11 is 0. The molecule has 0 aromatic heterocycles. The first-order valence-electron chi connectivity index (χ1n) is 17.3. The summed E-state index contributed by atoms with van der Waals surface area (Å²) in [6.45, 7) is 14.3. The number of fused-ring (bicyclic) bond motifs is 7. The van der Waals surface area contributed by atoms with Gasteiger partial charge in [-0.25, -0.2) is 0 Å². The molecule has 4 saturated carbocycles. The maximum atomic E-state index is 12.9. The van der Waals surface area contributed by atoms with E-state index in [-0.39, 0.29) is 30.0 Å². The maximum absolute atomic E-state index is 12.9. The van der Waals surface area contributed by atoms with E-state index in [4.69, 9.17) is 4.74 Å². The molecule has 7 rings (SSSR count). The molecule has 7 heteroatoms. The summed E-state index contributed by atoms with van der Waals surface area (Å²) in [5.74, 6) is 5.07. The number of carbonyl (C=O) groups excluding carboxylic acids is 2. The van der Waals surface area contributed by atoms with Gasteiger partial charge in [0.2, 0.25) is 11.8 Å². The first-order valence-corrected chi connectivity index (χ1v) is 17.3. The number of nitrogens with one attached hydrogen (secondary N) is 3. The topological polar surface area (TPSA) is 82.7 Å². The summed E-state index contributed by atoms with van der Waals surface area (Å²) < 4.78 is 7.08. The summed E-state index contributed by atoms with van der Waals surface area (Å²) in [7, 11) is 0. The predicted molar refractivity (Wildman–Crippen MR) is 160 cm³/mol. The normalized spacial score (nSPS) is 50.9. The van der Waals surface area contributed by atoms with Crippen molar-refractivity contribution in [2.75, 3.05) is 32.7 Å². The summed E-state index contributed by atoms with van der Waals surface area (Å²) in [6.07, 6.45) is 12.9. The highest BCUT2D eigenvalue weighted by molar-refractivity contribution is 5.97. The minimum atomic E-state index is -0.0747. The fourth-order valence-corrected chi connectivity index (χ4v) is 12.0. The highest BCUT2D eigenvalue weighted by atomic mass is 16.5. The number of hydrogen-bond acceptors (Lipinski definition) is 5. The molecule has 3 heterocycles. The van der Waals surface area contributed by atoms with E-state index in [0.29, 0.717) is 47.8 Å². The number of amides is 2. The standard InChI is InChI=1S/C34H56N4O3/c1-21-7-12-34(36-20-21)22(2)31-28(41-34)18-27-25-6-5-23-17-24(8-10-32(23,3)26(25)9-11-33(27,31)4)37-29(39)19-30(40)38-15-13-35-14-16-38/h21-28,31,35-36H,5-20H2,1-4H3,(H,37,39)/t21-,22+,23-,24?,25-,26+,27+,28+,31+,32+,33+,34-/m1/s1. The average molecular weight is 569 g/mol. The largest absolute Gasteiger partial charge is 0.357 e. The van der Waals surface area contributed by atoms with Crippen LogP contribution in [0.5, 0.6) is 0 Å². The van der Waals surface area contributed by atoms with Crippen molar-refractivity contribution in [3.63, 3.8) is 0 Å². The molecule has 41 heavy (non-hydrogen) atoms. The monoisotopic (exact) mass is 568 g/mol. The SMILES string of the molecule is C[C@@H]1CC[C@@]2(NC1)O[C@H]1C[C@H]3[C@@H]4CC[C@@H]5CC(NC(=O)CC(=O)N6CCNCC6)CC[C@]5(C)[C@H]4CC[C@]3(C)[C@H]1[C@@H]2C. The predicted octanol–water partition coefficient (Wildman–Crippen LogP) is 4.31. The minimum absolute atomic E-state index is 0.00204. The lowest BCUT2D eigenvalue weighted by molar-refractivity contribution is -0.139.